The second-order valence-corrected chi connectivity index (χ2v) is 8.51. The van der Waals surface area contributed by atoms with Crippen LogP contribution < -0.4 is 9.47 Å². The van der Waals surface area contributed by atoms with Gasteiger partial charge in [-0.25, -0.2) is 4.98 Å². The molecule has 164 valence electrons. The molecule has 8 heteroatoms. The lowest BCUT2D eigenvalue weighted by atomic mass is 10.0. The van der Waals surface area contributed by atoms with E-state index < -0.39 is 0 Å². The van der Waals surface area contributed by atoms with Gasteiger partial charge in [-0.05, 0) is 38.5 Å². The molecule has 0 spiro atoms. The third-order valence-electron chi connectivity index (χ3n) is 6.23. The van der Waals surface area contributed by atoms with Gasteiger partial charge in [0.15, 0.2) is 0 Å². The van der Waals surface area contributed by atoms with Crippen molar-refractivity contribution in [2.75, 3.05) is 13.7 Å². The van der Waals surface area contributed by atoms with Crippen LogP contribution in [0.2, 0.25) is 5.15 Å². The molecule has 3 heterocycles. The summed E-state index contributed by atoms with van der Waals surface area (Å²) in [5.41, 5.74) is 2.63. The number of pyridine rings is 1. The van der Waals surface area contributed by atoms with Crippen LogP contribution in [-0.2, 0) is 11.8 Å². The van der Waals surface area contributed by atoms with E-state index in [0.717, 1.165) is 28.2 Å². The average molecular weight is 443 g/mol. The standard InChI is InChI=1S/C23H27ClN4O3/c1-13(16-6-8-18(30-5)9-7-16)28-12-17(10-21(28)29)14(2)31-23-22-19(11-20(24)26-23)25-15(3)27(22)4/h6-9,11,13-14,17H,10,12H2,1-5H3/t13-,14-,17?/m1/s1. The third kappa shape index (κ3) is 4.06. The molecule has 0 radical (unpaired) electrons. The molecule has 0 saturated carbocycles. The molecule has 4 rings (SSSR count). The van der Waals surface area contributed by atoms with Crippen molar-refractivity contribution in [3.05, 3.63) is 46.9 Å². The second-order valence-electron chi connectivity index (χ2n) is 8.12. The molecule has 1 saturated heterocycles. The van der Waals surface area contributed by atoms with E-state index in [1.807, 2.05) is 61.6 Å². The molecular weight excluding hydrogens is 416 g/mol. The lowest BCUT2D eigenvalue weighted by Crippen LogP contribution is -2.31. The number of fused-ring (bicyclic) bond motifs is 1. The highest BCUT2D eigenvalue weighted by Gasteiger charge is 2.37. The smallest absolute Gasteiger partial charge is 0.241 e. The highest BCUT2D eigenvalue weighted by molar-refractivity contribution is 6.30. The Hall–Kier alpha value is -2.80. The Morgan fingerprint density at radius 3 is 2.58 bits per heavy atom. The van der Waals surface area contributed by atoms with E-state index in [1.165, 1.54) is 0 Å². The van der Waals surface area contributed by atoms with E-state index in [0.29, 0.717) is 24.0 Å². The average Bonchev–Trinajstić information content (AvgIpc) is 3.27. The molecule has 3 aromatic rings. The largest absolute Gasteiger partial charge is 0.497 e. The fraction of sp³-hybridized carbons (Fsp3) is 0.435. The highest BCUT2D eigenvalue weighted by Crippen LogP contribution is 2.33. The first-order valence-corrected chi connectivity index (χ1v) is 10.8. The van der Waals surface area contributed by atoms with Crippen LogP contribution in [0.25, 0.3) is 11.0 Å². The van der Waals surface area contributed by atoms with E-state index >= 15 is 0 Å². The van der Waals surface area contributed by atoms with E-state index in [9.17, 15) is 4.79 Å². The molecule has 1 aliphatic heterocycles. The summed E-state index contributed by atoms with van der Waals surface area (Å²) in [5.74, 6) is 2.29. The van der Waals surface area contributed by atoms with Crippen molar-refractivity contribution >= 4 is 28.5 Å². The van der Waals surface area contributed by atoms with Crippen molar-refractivity contribution in [2.45, 2.75) is 39.3 Å². The summed E-state index contributed by atoms with van der Waals surface area (Å²) in [6.45, 7) is 6.59. The van der Waals surface area contributed by atoms with E-state index in [2.05, 4.69) is 9.97 Å². The number of imidazole rings is 1. The quantitative estimate of drug-likeness (QED) is 0.532. The SMILES string of the molecule is COc1ccc([C@@H](C)N2CC([C@@H](C)Oc3nc(Cl)cc4nc(C)n(C)c34)CC2=O)cc1. The fourth-order valence-corrected chi connectivity index (χ4v) is 4.33. The number of carbonyl (C=O) groups is 1. The van der Waals surface area contributed by atoms with Crippen LogP contribution >= 0.6 is 11.6 Å². The minimum atomic E-state index is -0.207. The molecule has 1 unspecified atom stereocenters. The normalized spacial score (nSPS) is 18.5. The summed E-state index contributed by atoms with van der Waals surface area (Å²) in [6, 6.07) is 9.55. The number of benzene rings is 1. The van der Waals surface area contributed by atoms with Gasteiger partial charge in [-0.1, -0.05) is 23.7 Å². The van der Waals surface area contributed by atoms with Crippen molar-refractivity contribution in [1.29, 1.82) is 0 Å². The van der Waals surface area contributed by atoms with Crippen LogP contribution in [0.1, 0.15) is 37.7 Å². The lowest BCUT2D eigenvalue weighted by molar-refractivity contribution is -0.129. The van der Waals surface area contributed by atoms with Gasteiger partial charge in [-0.3, -0.25) is 4.79 Å². The van der Waals surface area contributed by atoms with Crippen molar-refractivity contribution in [3.63, 3.8) is 0 Å². The van der Waals surface area contributed by atoms with E-state index in [-0.39, 0.29) is 24.0 Å². The number of nitrogens with zero attached hydrogens (tertiary/aromatic N) is 4. The van der Waals surface area contributed by atoms with Crippen molar-refractivity contribution in [2.24, 2.45) is 13.0 Å². The summed E-state index contributed by atoms with van der Waals surface area (Å²) in [7, 11) is 3.57. The molecule has 3 atom stereocenters. The molecule has 31 heavy (non-hydrogen) atoms. The van der Waals surface area contributed by atoms with Crippen LogP contribution in [-0.4, -0.2) is 45.1 Å². The summed E-state index contributed by atoms with van der Waals surface area (Å²) < 4.78 is 13.4. The second kappa shape index (κ2) is 8.38. The van der Waals surface area contributed by atoms with Gasteiger partial charge in [0, 0.05) is 32.0 Å². The molecule has 1 amide bonds. The van der Waals surface area contributed by atoms with Gasteiger partial charge in [-0.15, -0.1) is 0 Å². The Kier molecular flexibility index (Phi) is 5.79. The Labute approximate surface area is 186 Å². The number of halogens is 1. The predicted molar refractivity (Wildman–Crippen MR) is 120 cm³/mol. The number of aromatic nitrogens is 3. The number of carbonyl (C=O) groups excluding carboxylic acids is 1. The number of methoxy groups -OCH3 is 1. The number of hydrogen-bond donors (Lipinski definition) is 0. The first kappa shape index (κ1) is 21.4. The highest BCUT2D eigenvalue weighted by atomic mass is 35.5. The number of likely N-dealkylation sites (tertiary alicyclic amines) is 1. The van der Waals surface area contributed by atoms with Gasteiger partial charge in [0.1, 0.15) is 28.3 Å². The Morgan fingerprint density at radius 2 is 1.90 bits per heavy atom. The molecule has 1 aromatic carbocycles. The van der Waals surface area contributed by atoms with Crippen molar-refractivity contribution in [3.8, 4) is 11.6 Å². The molecule has 0 bridgehead atoms. The van der Waals surface area contributed by atoms with Crippen molar-refractivity contribution in [1.82, 2.24) is 19.4 Å². The maximum absolute atomic E-state index is 12.8. The zero-order valence-corrected chi connectivity index (χ0v) is 19.2. The Morgan fingerprint density at radius 1 is 1.19 bits per heavy atom. The summed E-state index contributed by atoms with van der Waals surface area (Å²) in [4.78, 5) is 23.6. The topological polar surface area (TPSA) is 69.5 Å². The molecule has 7 nitrogen and oxygen atoms in total. The molecule has 0 aliphatic carbocycles. The van der Waals surface area contributed by atoms with Crippen LogP contribution in [0.15, 0.2) is 30.3 Å². The van der Waals surface area contributed by atoms with Gasteiger partial charge in [0.05, 0.1) is 18.7 Å². The van der Waals surface area contributed by atoms with Crippen molar-refractivity contribution < 1.29 is 14.3 Å². The maximum Gasteiger partial charge on any atom is 0.241 e. The first-order chi connectivity index (χ1) is 14.8. The molecule has 1 fully saturated rings. The fourth-order valence-electron chi connectivity index (χ4n) is 4.15. The van der Waals surface area contributed by atoms with Gasteiger partial charge in [0.25, 0.3) is 0 Å². The van der Waals surface area contributed by atoms with Gasteiger partial charge >= 0.3 is 0 Å². The molecule has 0 N–H and O–H groups in total. The van der Waals surface area contributed by atoms with Crippen LogP contribution in [0.5, 0.6) is 11.6 Å². The van der Waals surface area contributed by atoms with Gasteiger partial charge in [0.2, 0.25) is 11.8 Å². The molecular formula is C23H27ClN4O3. The number of hydrogen-bond acceptors (Lipinski definition) is 5. The van der Waals surface area contributed by atoms with E-state index in [1.54, 1.807) is 13.2 Å². The van der Waals surface area contributed by atoms with Gasteiger partial charge in [-0.2, -0.15) is 4.98 Å². The summed E-state index contributed by atoms with van der Waals surface area (Å²) in [6.07, 6.45) is 0.233. The minimum absolute atomic E-state index is 0.0219. The number of rotatable bonds is 6. The third-order valence-corrected chi connectivity index (χ3v) is 6.42. The van der Waals surface area contributed by atoms with Crippen LogP contribution in [0.3, 0.4) is 0 Å². The number of ether oxygens (including phenoxy) is 2. The lowest BCUT2D eigenvalue weighted by Gasteiger charge is -2.26. The Balaban J connectivity index is 1.51. The maximum atomic E-state index is 12.8. The van der Waals surface area contributed by atoms with Gasteiger partial charge < -0.3 is 18.9 Å². The van der Waals surface area contributed by atoms with Crippen LogP contribution in [0.4, 0.5) is 0 Å². The summed E-state index contributed by atoms with van der Waals surface area (Å²) >= 11 is 6.19. The monoisotopic (exact) mass is 442 g/mol. The Bertz CT molecular complexity index is 1110. The first-order valence-electron chi connectivity index (χ1n) is 10.4. The van der Waals surface area contributed by atoms with Crippen LogP contribution in [0, 0.1) is 12.8 Å². The molecule has 1 aliphatic rings. The predicted octanol–water partition coefficient (Wildman–Crippen LogP) is 4.32. The summed E-state index contributed by atoms with van der Waals surface area (Å²) in [5, 5.41) is 0.338. The number of amides is 1. The minimum Gasteiger partial charge on any atom is -0.497 e. The molecule has 2 aromatic heterocycles. The van der Waals surface area contributed by atoms with E-state index in [4.69, 9.17) is 21.1 Å². The number of aryl methyl sites for hydroxylation is 2. The zero-order valence-electron chi connectivity index (χ0n) is 18.4. The zero-order chi connectivity index (χ0) is 22.3.